The van der Waals surface area contributed by atoms with E-state index in [0.717, 1.165) is 6.42 Å². The highest BCUT2D eigenvalue weighted by Crippen LogP contribution is 2.05. The molecule has 2 amide bonds. The second-order valence-corrected chi connectivity index (χ2v) is 3.06. The standard InChI is InChI=1S/C7H14N2O2/c1-4-7(2,3)9-6(11)5(8)10/h4H2,1-3H3,(H2,8,10)(H,9,11). The summed E-state index contributed by atoms with van der Waals surface area (Å²) < 4.78 is 0. The lowest BCUT2D eigenvalue weighted by atomic mass is 10.0. The van der Waals surface area contributed by atoms with Crippen molar-refractivity contribution in [2.45, 2.75) is 32.7 Å². The van der Waals surface area contributed by atoms with Crippen molar-refractivity contribution < 1.29 is 9.59 Å². The van der Waals surface area contributed by atoms with Gasteiger partial charge >= 0.3 is 11.8 Å². The number of nitrogens with one attached hydrogen (secondary N) is 1. The van der Waals surface area contributed by atoms with E-state index in [4.69, 9.17) is 5.73 Å². The Morgan fingerprint density at radius 1 is 1.45 bits per heavy atom. The van der Waals surface area contributed by atoms with Gasteiger partial charge < -0.3 is 11.1 Å². The van der Waals surface area contributed by atoms with Gasteiger partial charge in [0.05, 0.1) is 0 Å². The SMILES string of the molecule is CCC(C)(C)NC(=O)C(N)=O. The van der Waals surface area contributed by atoms with Crippen LogP contribution in [0.1, 0.15) is 27.2 Å². The zero-order valence-corrected chi connectivity index (χ0v) is 7.10. The fraction of sp³-hybridized carbons (Fsp3) is 0.714. The second-order valence-electron chi connectivity index (χ2n) is 3.06. The summed E-state index contributed by atoms with van der Waals surface area (Å²) in [5.74, 6) is -1.66. The second kappa shape index (κ2) is 3.37. The summed E-state index contributed by atoms with van der Waals surface area (Å²) in [6.45, 7) is 5.57. The van der Waals surface area contributed by atoms with Crippen LogP contribution in [-0.4, -0.2) is 17.4 Å². The number of carbonyl (C=O) groups is 2. The van der Waals surface area contributed by atoms with Gasteiger partial charge in [0.25, 0.3) is 0 Å². The molecule has 0 unspecified atom stereocenters. The van der Waals surface area contributed by atoms with E-state index in [9.17, 15) is 9.59 Å². The summed E-state index contributed by atoms with van der Waals surface area (Å²) in [6.07, 6.45) is 0.756. The number of amides is 2. The van der Waals surface area contributed by atoms with Crippen LogP contribution in [0.25, 0.3) is 0 Å². The van der Waals surface area contributed by atoms with Gasteiger partial charge in [0.15, 0.2) is 0 Å². The van der Waals surface area contributed by atoms with Crippen LogP contribution in [0.5, 0.6) is 0 Å². The average Bonchev–Trinajstić information content (AvgIpc) is 1.87. The fourth-order valence-corrected chi connectivity index (χ4v) is 0.457. The van der Waals surface area contributed by atoms with Crippen LogP contribution in [0.15, 0.2) is 0 Å². The van der Waals surface area contributed by atoms with Crippen LogP contribution in [-0.2, 0) is 9.59 Å². The molecule has 0 radical (unpaired) electrons. The minimum Gasteiger partial charge on any atom is -0.361 e. The highest BCUT2D eigenvalue weighted by atomic mass is 16.2. The van der Waals surface area contributed by atoms with Crippen LogP contribution in [0.3, 0.4) is 0 Å². The van der Waals surface area contributed by atoms with E-state index < -0.39 is 11.8 Å². The molecule has 0 fully saturated rings. The smallest absolute Gasteiger partial charge is 0.309 e. The molecule has 4 heteroatoms. The minimum absolute atomic E-state index is 0.355. The molecule has 3 N–H and O–H groups in total. The Bertz CT molecular complexity index is 175. The third-order valence-electron chi connectivity index (χ3n) is 1.56. The van der Waals surface area contributed by atoms with Gasteiger partial charge in [-0.05, 0) is 20.3 Å². The van der Waals surface area contributed by atoms with E-state index in [1.165, 1.54) is 0 Å². The number of hydrogen-bond acceptors (Lipinski definition) is 2. The van der Waals surface area contributed by atoms with Gasteiger partial charge in [-0.2, -0.15) is 0 Å². The molecular formula is C7H14N2O2. The van der Waals surface area contributed by atoms with Crippen LogP contribution in [0, 0.1) is 0 Å². The zero-order chi connectivity index (χ0) is 9.07. The van der Waals surface area contributed by atoms with Gasteiger partial charge in [0.1, 0.15) is 0 Å². The summed E-state index contributed by atoms with van der Waals surface area (Å²) in [7, 11) is 0. The number of rotatable bonds is 2. The van der Waals surface area contributed by atoms with E-state index in [1.54, 1.807) is 0 Å². The monoisotopic (exact) mass is 158 g/mol. The van der Waals surface area contributed by atoms with Crippen molar-refractivity contribution in [3.05, 3.63) is 0 Å². The van der Waals surface area contributed by atoms with Crippen molar-refractivity contribution >= 4 is 11.8 Å². The molecule has 0 saturated carbocycles. The molecule has 0 atom stereocenters. The molecular weight excluding hydrogens is 144 g/mol. The lowest BCUT2D eigenvalue weighted by Gasteiger charge is -2.23. The Labute approximate surface area is 66.1 Å². The Kier molecular flexibility index (Phi) is 3.04. The molecule has 0 bridgehead atoms. The lowest BCUT2D eigenvalue weighted by molar-refractivity contribution is -0.138. The fourth-order valence-electron chi connectivity index (χ4n) is 0.457. The quantitative estimate of drug-likeness (QED) is 0.545. The summed E-state index contributed by atoms with van der Waals surface area (Å²) in [5, 5.41) is 2.49. The van der Waals surface area contributed by atoms with Gasteiger partial charge in [0, 0.05) is 5.54 Å². The van der Waals surface area contributed by atoms with E-state index in [0.29, 0.717) is 0 Å². The molecule has 64 valence electrons. The first-order valence-corrected chi connectivity index (χ1v) is 3.51. The van der Waals surface area contributed by atoms with Crippen molar-refractivity contribution in [1.29, 1.82) is 0 Å². The first kappa shape index (κ1) is 9.94. The zero-order valence-electron chi connectivity index (χ0n) is 7.10. The van der Waals surface area contributed by atoms with Crippen molar-refractivity contribution in [2.24, 2.45) is 5.73 Å². The van der Waals surface area contributed by atoms with Gasteiger partial charge in [-0.15, -0.1) is 0 Å². The average molecular weight is 158 g/mol. The van der Waals surface area contributed by atoms with E-state index in [-0.39, 0.29) is 5.54 Å². The molecule has 4 nitrogen and oxygen atoms in total. The summed E-state index contributed by atoms with van der Waals surface area (Å²) in [6, 6.07) is 0. The van der Waals surface area contributed by atoms with Crippen LogP contribution in [0.4, 0.5) is 0 Å². The van der Waals surface area contributed by atoms with Gasteiger partial charge in [0.2, 0.25) is 0 Å². The van der Waals surface area contributed by atoms with Crippen LogP contribution < -0.4 is 11.1 Å². The molecule has 0 aliphatic rings. The topological polar surface area (TPSA) is 72.2 Å². The molecule has 0 rings (SSSR count). The number of primary amides is 1. The summed E-state index contributed by atoms with van der Waals surface area (Å²) >= 11 is 0. The maximum atomic E-state index is 10.7. The minimum atomic E-state index is -0.938. The molecule has 0 aliphatic carbocycles. The van der Waals surface area contributed by atoms with Crippen molar-refractivity contribution in [3.8, 4) is 0 Å². The Morgan fingerprint density at radius 3 is 2.18 bits per heavy atom. The maximum absolute atomic E-state index is 10.7. The molecule has 0 heterocycles. The third-order valence-corrected chi connectivity index (χ3v) is 1.56. The van der Waals surface area contributed by atoms with Crippen molar-refractivity contribution in [3.63, 3.8) is 0 Å². The number of carbonyl (C=O) groups excluding carboxylic acids is 2. The van der Waals surface area contributed by atoms with E-state index in [1.807, 2.05) is 20.8 Å². The van der Waals surface area contributed by atoms with Gasteiger partial charge in [-0.1, -0.05) is 6.92 Å². The van der Waals surface area contributed by atoms with Gasteiger partial charge in [-0.25, -0.2) is 0 Å². The molecule has 0 aromatic heterocycles. The largest absolute Gasteiger partial charge is 0.361 e. The van der Waals surface area contributed by atoms with Crippen molar-refractivity contribution in [1.82, 2.24) is 5.32 Å². The predicted molar refractivity (Wildman–Crippen MR) is 41.7 cm³/mol. The molecule has 0 aliphatic heterocycles. The van der Waals surface area contributed by atoms with Gasteiger partial charge in [-0.3, -0.25) is 9.59 Å². The predicted octanol–water partition coefficient (Wildman–Crippen LogP) is -0.223. The molecule has 0 spiro atoms. The van der Waals surface area contributed by atoms with E-state index >= 15 is 0 Å². The maximum Gasteiger partial charge on any atom is 0.309 e. The number of hydrogen-bond donors (Lipinski definition) is 2. The third kappa shape index (κ3) is 3.60. The Morgan fingerprint density at radius 2 is 1.91 bits per heavy atom. The number of nitrogens with two attached hydrogens (primary N) is 1. The van der Waals surface area contributed by atoms with Crippen LogP contribution in [0.2, 0.25) is 0 Å². The van der Waals surface area contributed by atoms with Crippen molar-refractivity contribution in [2.75, 3.05) is 0 Å². The first-order valence-electron chi connectivity index (χ1n) is 3.51. The molecule has 11 heavy (non-hydrogen) atoms. The first-order chi connectivity index (χ1) is 4.89. The molecule has 0 saturated heterocycles. The highest BCUT2D eigenvalue weighted by molar-refractivity contribution is 6.34. The summed E-state index contributed by atoms with van der Waals surface area (Å²) in [5.41, 5.74) is 4.39. The molecule has 0 aromatic carbocycles. The van der Waals surface area contributed by atoms with E-state index in [2.05, 4.69) is 5.32 Å². The highest BCUT2D eigenvalue weighted by Gasteiger charge is 2.20. The Hall–Kier alpha value is -1.06. The summed E-state index contributed by atoms with van der Waals surface area (Å²) in [4.78, 5) is 21.0. The normalized spacial score (nSPS) is 10.8. The Balaban J connectivity index is 4.04. The molecule has 0 aromatic rings. The van der Waals surface area contributed by atoms with Crippen LogP contribution >= 0.6 is 0 Å². The lowest BCUT2D eigenvalue weighted by Crippen LogP contribution is -2.48.